The maximum absolute atomic E-state index is 13.1. The van der Waals surface area contributed by atoms with Gasteiger partial charge in [-0.3, -0.25) is 4.79 Å². The smallest absolute Gasteiger partial charge is 0.341 e. The number of hydrogen-bond acceptors (Lipinski definition) is 8. The highest BCUT2D eigenvalue weighted by molar-refractivity contribution is 6.33. The fourth-order valence-electron chi connectivity index (χ4n) is 6.18. The van der Waals surface area contributed by atoms with Crippen molar-refractivity contribution in [1.82, 2.24) is 19.5 Å². The first-order valence-electron chi connectivity index (χ1n) is 12.8. The van der Waals surface area contributed by atoms with E-state index in [4.69, 9.17) is 21.3 Å². The second-order valence-corrected chi connectivity index (χ2v) is 10.8. The molecule has 0 aliphatic carbocycles. The molecule has 1 aromatic carbocycles. The van der Waals surface area contributed by atoms with Gasteiger partial charge in [-0.1, -0.05) is 11.6 Å². The summed E-state index contributed by atoms with van der Waals surface area (Å²) >= 11 is 6.53. The number of pyridine rings is 3. The molecular weight excluding hydrogens is 536 g/mol. The van der Waals surface area contributed by atoms with Crippen molar-refractivity contribution in [1.29, 1.82) is 0 Å². The lowest BCUT2D eigenvalue weighted by Gasteiger charge is -2.24. The Hall–Kier alpha value is -4.19. The Morgan fingerprint density at radius 3 is 2.77 bits per heavy atom. The number of aromatic nitrogens is 4. The van der Waals surface area contributed by atoms with Gasteiger partial charge in [-0.25, -0.2) is 14.8 Å². The van der Waals surface area contributed by atoms with Crippen molar-refractivity contribution in [2.45, 2.75) is 12.2 Å². The zero-order valence-corrected chi connectivity index (χ0v) is 22.4. The molecule has 40 heavy (non-hydrogen) atoms. The second-order valence-electron chi connectivity index (χ2n) is 10.4. The molecule has 0 bridgehead atoms. The first kappa shape index (κ1) is 24.8. The van der Waals surface area contributed by atoms with Gasteiger partial charge < -0.3 is 34.7 Å². The quantitative estimate of drug-likeness (QED) is 0.260. The molecule has 7 rings (SSSR count). The summed E-state index contributed by atoms with van der Waals surface area (Å²) < 4.78 is 7.42. The summed E-state index contributed by atoms with van der Waals surface area (Å²) in [6, 6.07) is 5.40. The monoisotopic (exact) mass is 560 g/mol. The Morgan fingerprint density at radius 1 is 1.20 bits per heavy atom. The Kier molecular flexibility index (Phi) is 5.53. The van der Waals surface area contributed by atoms with Crippen LogP contribution in [-0.2, 0) is 11.8 Å². The molecule has 2 fully saturated rings. The highest BCUT2D eigenvalue weighted by Crippen LogP contribution is 2.45. The second kappa shape index (κ2) is 8.91. The third-order valence-electron chi connectivity index (χ3n) is 8.09. The lowest BCUT2D eigenvalue weighted by Crippen LogP contribution is -2.26. The number of carbonyl (C=O) groups is 1. The Labute approximate surface area is 232 Å². The number of nitrogens with zero attached hydrogens (tertiary/aromatic N) is 4. The summed E-state index contributed by atoms with van der Waals surface area (Å²) in [6.07, 6.45) is 4.00. The van der Waals surface area contributed by atoms with Crippen LogP contribution in [0.25, 0.3) is 44.1 Å². The van der Waals surface area contributed by atoms with Crippen molar-refractivity contribution in [3.63, 3.8) is 0 Å². The number of anilines is 2. The van der Waals surface area contributed by atoms with Crippen LogP contribution in [0, 0.1) is 5.92 Å². The average Bonchev–Trinajstić information content (AvgIpc) is 3.63. The minimum absolute atomic E-state index is 0.0436. The average molecular weight is 561 g/mol. The van der Waals surface area contributed by atoms with Crippen molar-refractivity contribution in [2.24, 2.45) is 13.0 Å². The van der Waals surface area contributed by atoms with E-state index in [1.54, 1.807) is 25.5 Å². The highest BCUT2D eigenvalue weighted by Gasteiger charge is 2.44. The zero-order chi connectivity index (χ0) is 27.9. The van der Waals surface area contributed by atoms with Crippen LogP contribution in [0.15, 0.2) is 41.6 Å². The number of aromatic amines is 1. The molecule has 0 spiro atoms. The predicted octanol–water partition coefficient (Wildman–Crippen LogP) is 3.22. The number of halogens is 1. The van der Waals surface area contributed by atoms with Crippen molar-refractivity contribution in [3.8, 4) is 11.1 Å². The van der Waals surface area contributed by atoms with Crippen LogP contribution in [0.1, 0.15) is 10.4 Å². The lowest BCUT2D eigenvalue weighted by molar-refractivity contribution is 0.0695. The molecule has 5 aromatic rings. The number of carboxylic acid groups (broad SMARTS) is 1. The number of aliphatic hydroxyl groups excluding tert-OH is 1. The normalized spacial score (nSPS) is 20.6. The van der Waals surface area contributed by atoms with Crippen LogP contribution in [-0.4, -0.2) is 74.7 Å². The van der Waals surface area contributed by atoms with E-state index in [-0.39, 0.29) is 23.0 Å². The summed E-state index contributed by atoms with van der Waals surface area (Å²) in [6.45, 7) is 1.45. The van der Waals surface area contributed by atoms with Gasteiger partial charge in [0.25, 0.3) is 0 Å². The van der Waals surface area contributed by atoms with Gasteiger partial charge in [0, 0.05) is 73.2 Å². The fourth-order valence-corrected chi connectivity index (χ4v) is 6.40. The molecule has 11 nitrogen and oxygen atoms in total. The maximum atomic E-state index is 13.1. The number of fused-ring (bicyclic) bond motifs is 5. The number of H-pyrrole nitrogens is 1. The van der Waals surface area contributed by atoms with Gasteiger partial charge in [0.15, 0.2) is 0 Å². The zero-order valence-electron chi connectivity index (χ0n) is 21.6. The van der Waals surface area contributed by atoms with E-state index >= 15 is 0 Å². The number of benzene rings is 1. The molecular formula is C28H25ClN6O5. The van der Waals surface area contributed by atoms with Crippen LogP contribution < -0.4 is 15.6 Å². The number of aryl methyl sites for hydroxylation is 1. The summed E-state index contributed by atoms with van der Waals surface area (Å²) in [5, 5.41) is 25.8. The van der Waals surface area contributed by atoms with Crippen molar-refractivity contribution in [3.05, 3.63) is 57.6 Å². The largest absolute Gasteiger partial charge is 0.477 e. The number of nitrogens with one attached hydrogen (secondary N) is 2. The Balaban J connectivity index is 1.53. The molecule has 2 aliphatic rings. The van der Waals surface area contributed by atoms with Crippen LogP contribution in [0.5, 0.6) is 0 Å². The third-order valence-corrected chi connectivity index (χ3v) is 8.31. The van der Waals surface area contributed by atoms with Crippen molar-refractivity contribution < 1.29 is 19.7 Å². The summed E-state index contributed by atoms with van der Waals surface area (Å²) in [7, 11) is 3.48. The molecule has 2 saturated heterocycles. The van der Waals surface area contributed by atoms with Crippen molar-refractivity contribution in [2.75, 3.05) is 37.0 Å². The fraction of sp³-hybridized carbons (Fsp3) is 0.286. The molecule has 0 radical (unpaired) electrons. The van der Waals surface area contributed by atoms with E-state index in [2.05, 4.69) is 20.2 Å². The molecule has 6 heterocycles. The van der Waals surface area contributed by atoms with Crippen molar-refractivity contribution >= 4 is 61.9 Å². The molecule has 1 unspecified atom stereocenters. The molecule has 0 amide bonds. The van der Waals surface area contributed by atoms with E-state index in [0.717, 1.165) is 27.7 Å². The van der Waals surface area contributed by atoms with Gasteiger partial charge in [0.2, 0.25) is 5.43 Å². The van der Waals surface area contributed by atoms with Gasteiger partial charge in [-0.15, -0.1) is 0 Å². The molecule has 0 saturated carbocycles. The number of carboxylic acids is 1. The topological polar surface area (TPSA) is 146 Å². The SMILES string of the molecule is CNc1cc(Cl)cc2c1[nH]c1ncc(-c3cnc4c(c3)c(=O)c(C(=O)O)cn4C)c(N3C[C@@H]4OCC(O)[C@@H]4C3)c12. The van der Waals surface area contributed by atoms with E-state index in [9.17, 15) is 19.8 Å². The third kappa shape index (κ3) is 3.58. The number of aromatic carboxylic acids is 1. The summed E-state index contributed by atoms with van der Waals surface area (Å²) in [4.78, 5) is 39.8. The predicted molar refractivity (Wildman–Crippen MR) is 153 cm³/mol. The van der Waals surface area contributed by atoms with Crippen LogP contribution in [0.2, 0.25) is 5.02 Å². The van der Waals surface area contributed by atoms with Crippen LogP contribution in [0.3, 0.4) is 0 Å². The van der Waals surface area contributed by atoms with Gasteiger partial charge in [-0.05, 0) is 18.2 Å². The molecule has 2 aliphatic heterocycles. The number of ether oxygens (including phenoxy) is 1. The minimum Gasteiger partial charge on any atom is -0.477 e. The molecule has 3 atom stereocenters. The van der Waals surface area contributed by atoms with Gasteiger partial charge in [0.05, 0.1) is 46.5 Å². The molecule has 4 N–H and O–H groups in total. The van der Waals surface area contributed by atoms with Gasteiger partial charge in [0.1, 0.15) is 16.9 Å². The number of aliphatic hydroxyl groups is 1. The first-order chi connectivity index (χ1) is 19.2. The van der Waals surface area contributed by atoms with E-state index in [1.165, 1.54) is 10.8 Å². The molecule has 204 valence electrons. The van der Waals surface area contributed by atoms with E-state index < -0.39 is 17.5 Å². The number of rotatable bonds is 4. The standard InChI is InChI=1S/C28H25ClN6O5/c1-30-19-5-13(29)4-14-22-24(35-9-17-20(36)11-40-21(17)10-35)16(7-31-26(22)33-23(14)19)12-3-15-25(37)18(28(38)39)8-34(2)27(15)32-6-12/h3-8,17,20-21,30,36H,9-11H2,1-2H3,(H,31,33)(H,38,39)/t17-,20?,21-/m0/s1. The highest BCUT2D eigenvalue weighted by atomic mass is 35.5. The Bertz CT molecular complexity index is 1930. The molecule has 12 heteroatoms. The summed E-state index contributed by atoms with van der Waals surface area (Å²) in [5.41, 5.74) is 3.94. The number of hydrogen-bond donors (Lipinski definition) is 4. The maximum Gasteiger partial charge on any atom is 0.341 e. The van der Waals surface area contributed by atoms with Gasteiger partial charge >= 0.3 is 5.97 Å². The van der Waals surface area contributed by atoms with E-state index in [0.29, 0.717) is 47.1 Å². The lowest BCUT2D eigenvalue weighted by atomic mass is 10.0. The van der Waals surface area contributed by atoms with Crippen LogP contribution >= 0.6 is 11.6 Å². The summed E-state index contributed by atoms with van der Waals surface area (Å²) in [5.74, 6) is -1.34. The minimum atomic E-state index is -1.30. The van der Waals surface area contributed by atoms with E-state index in [1.807, 2.05) is 19.2 Å². The Morgan fingerprint density at radius 2 is 2.02 bits per heavy atom. The molecule has 4 aromatic heterocycles. The van der Waals surface area contributed by atoms with Gasteiger partial charge in [-0.2, -0.15) is 0 Å². The van der Waals surface area contributed by atoms with Crippen LogP contribution in [0.4, 0.5) is 11.4 Å². The first-order valence-corrected chi connectivity index (χ1v) is 13.2.